The molecule has 0 spiro atoms. The van der Waals surface area contributed by atoms with Crippen LogP contribution in [-0.4, -0.2) is 15.5 Å². The molecule has 21 heavy (non-hydrogen) atoms. The van der Waals surface area contributed by atoms with Gasteiger partial charge in [0.1, 0.15) is 5.82 Å². The van der Waals surface area contributed by atoms with E-state index in [9.17, 15) is 4.79 Å². The van der Waals surface area contributed by atoms with E-state index in [4.69, 9.17) is 4.98 Å². The number of benzene rings is 2. The van der Waals surface area contributed by atoms with Crippen LogP contribution in [0.3, 0.4) is 0 Å². The molecular weight excluding hydrogens is 260 g/mol. The van der Waals surface area contributed by atoms with E-state index in [1.54, 1.807) is 4.57 Å². The lowest BCUT2D eigenvalue weighted by Gasteiger charge is -2.18. The molecule has 3 aromatic rings. The van der Waals surface area contributed by atoms with E-state index in [-0.39, 0.29) is 11.3 Å². The minimum Gasteiger partial charge on any atom is -0.268 e. The van der Waals surface area contributed by atoms with Gasteiger partial charge in [0.05, 0.1) is 16.6 Å². The van der Waals surface area contributed by atoms with Gasteiger partial charge in [0.25, 0.3) is 5.91 Å². The molecule has 1 aliphatic heterocycles. The van der Waals surface area contributed by atoms with Crippen LogP contribution in [0.4, 0.5) is 0 Å². The standard InChI is InChI=1S/C18H16N2O/c1-18(2,3)11-8-9-15-14(10-11)19-16-12-6-4-5-7-13(12)17(21)20(15)16/h4-10H,1-3H3. The molecule has 1 aromatic heterocycles. The van der Waals surface area contributed by atoms with Crippen molar-refractivity contribution in [1.82, 2.24) is 9.55 Å². The van der Waals surface area contributed by atoms with Gasteiger partial charge in [-0.3, -0.25) is 9.36 Å². The molecule has 2 heterocycles. The first-order valence-electron chi connectivity index (χ1n) is 7.14. The number of aromatic nitrogens is 2. The van der Waals surface area contributed by atoms with Gasteiger partial charge in [-0.05, 0) is 29.2 Å². The Labute approximate surface area is 123 Å². The molecule has 104 valence electrons. The fourth-order valence-corrected chi connectivity index (χ4v) is 2.92. The molecule has 0 unspecified atom stereocenters. The zero-order chi connectivity index (χ0) is 14.8. The summed E-state index contributed by atoms with van der Waals surface area (Å²) in [6.07, 6.45) is 0. The predicted octanol–water partition coefficient (Wildman–Crippen LogP) is 4.00. The lowest BCUT2D eigenvalue weighted by Crippen LogP contribution is -2.11. The Bertz CT molecular complexity index is 897. The molecule has 0 atom stereocenters. The van der Waals surface area contributed by atoms with Crippen molar-refractivity contribution in [2.45, 2.75) is 26.2 Å². The van der Waals surface area contributed by atoms with Crippen LogP contribution in [0.2, 0.25) is 0 Å². The summed E-state index contributed by atoms with van der Waals surface area (Å²) in [6.45, 7) is 6.54. The molecule has 0 N–H and O–H groups in total. The third-order valence-electron chi connectivity index (χ3n) is 4.12. The first-order valence-corrected chi connectivity index (χ1v) is 7.14. The quantitative estimate of drug-likeness (QED) is 0.486. The van der Waals surface area contributed by atoms with Crippen LogP contribution in [0.5, 0.6) is 0 Å². The maximum absolute atomic E-state index is 12.6. The monoisotopic (exact) mass is 276 g/mol. The maximum atomic E-state index is 12.6. The number of hydrogen-bond donors (Lipinski definition) is 0. The second-order valence-electron chi connectivity index (χ2n) is 6.58. The average molecular weight is 276 g/mol. The summed E-state index contributed by atoms with van der Waals surface area (Å²) in [4.78, 5) is 17.3. The Morgan fingerprint density at radius 1 is 1.00 bits per heavy atom. The van der Waals surface area contributed by atoms with Gasteiger partial charge in [0.2, 0.25) is 0 Å². The highest BCUT2D eigenvalue weighted by atomic mass is 16.2. The van der Waals surface area contributed by atoms with E-state index in [2.05, 4.69) is 32.9 Å². The Balaban J connectivity index is 2.02. The molecule has 0 radical (unpaired) electrons. The Morgan fingerprint density at radius 3 is 2.43 bits per heavy atom. The highest BCUT2D eigenvalue weighted by molar-refractivity contribution is 6.12. The van der Waals surface area contributed by atoms with Crippen molar-refractivity contribution >= 4 is 16.9 Å². The number of fused-ring (bicyclic) bond motifs is 5. The van der Waals surface area contributed by atoms with Crippen LogP contribution >= 0.6 is 0 Å². The molecule has 3 nitrogen and oxygen atoms in total. The zero-order valence-electron chi connectivity index (χ0n) is 12.3. The van der Waals surface area contributed by atoms with Crippen LogP contribution in [0.1, 0.15) is 36.7 Å². The van der Waals surface area contributed by atoms with Crippen molar-refractivity contribution in [2.75, 3.05) is 0 Å². The van der Waals surface area contributed by atoms with Gasteiger partial charge in [-0.25, -0.2) is 4.98 Å². The number of carbonyl (C=O) groups is 1. The second kappa shape index (κ2) is 3.82. The van der Waals surface area contributed by atoms with E-state index in [1.807, 2.05) is 30.3 Å². The molecule has 0 saturated heterocycles. The van der Waals surface area contributed by atoms with Crippen LogP contribution in [-0.2, 0) is 5.41 Å². The minimum atomic E-state index is 0.0200. The fraction of sp³-hybridized carbons (Fsp3) is 0.222. The third kappa shape index (κ3) is 1.60. The van der Waals surface area contributed by atoms with Gasteiger partial charge in [0.15, 0.2) is 0 Å². The molecule has 0 aliphatic carbocycles. The normalized spacial score (nSPS) is 13.6. The number of carbonyl (C=O) groups excluding carboxylic acids is 1. The molecule has 0 bridgehead atoms. The van der Waals surface area contributed by atoms with Crippen LogP contribution in [0, 0.1) is 0 Å². The number of hydrogen-bond acceptors (Lipinski definition) is 2. The Morgan fingerprint density at radius 2 is 1.71 bits per heavy atom. The number of rotatable bonds is 0. The summed E-state index contributed by atoms with van der Waals surface area (Å²) in [5.74, 6) is 0.781. The van der Waals surface area contributed by atoms with Crippen molar-refractivity contribution in [3.05, 3.63) is 53.6 Å². The van der Waals surface area contributed by atoms with Gasteiger partial charge >= 0.3 is 0 Å². The van der Waals surface area contributed by atoms with Gasteiger partial charge < -0.3 is 0 Å². The lowest BCUT2D eigenvalue weighted by molar-refractivity contribution is 0.0973. The van der Waals surface area contributed by atoms with Gasteiger partial charge in [-0.2, -0.15) is 0 Å². The summed E-state index contributed by atoms with van der Waals surface area (Å²) >= 11 is 0. The molecule has 1 aliphatic rings. The number of nitrogens with zero attached hydrogens (tertiary/aromatic N) is 2. The molecule has 2 aromatic carbocycles. The molecule has 0 fully saturated rings. The fourth-order valence-electron chi connectivity index (χ4n) is 2.92. The van der Waals surface area contributed by atoms with Crippen molar-refractivity contribution in [3.8, 4) is 11.4 Å². The van der Waals surface area contributed by atoms with E-state index in [0.717, 1.165) is 28.0 Å². The van der Waals surface area contributed by atoms with Gasteiger partial charge in [0, 0.05) is 5.56 Å². The topological polar surface area (TPSA) is 34.9 Å². The molecule has 3 heteroatoms. The summed E-state index contributed by atoms with van der Waals surface area (Å²) in [7, 11) is 0. The summed E-state index contributed by atoms with van der Waals surface area (Å²) < 4.78 is 1.73. The molecule has 4 rings (SSSR count). The van der Waals surface area contributed by atoms with Crippen LogP contribution < -0.4 is 0 Å². The SMILES string of the molecule is CC(C)(C)c1ccc2c(c1)nc1n2C(=O)c2ccccc2-1. The first kappa shape index (κ1) is 12.3. The highest BCUT2D eigenvalue weighted by Gasteiger charge is 2.29. The predicted molar refractivity (Wildman–Crippen MR) is 83.6 cm³/mol. The average Bonchev–Trinajstić information content (AvgIpc) is 2.95. The van der Waals surface area contributed by atoms with Crippen molar-refractivity contribution in [1.29, 1.82) is 0 Å². The van der Waals surface area contributed by atoms with E-state index < -0.39 is 0 Å². The van der Waals surface area contributed by atoms with E-state index in [1.165, 1.54) is 5.56 Å². The molecular formula is C18H16N2O. The number of imidazole rings is 1. The largest absolute Gasteiger partial charge is 0.268 e. The summed E-state index contributed by atoms with van der Waals surface area (Å²) in [6, 6.07) is 13.9. The maximum Gasteiger partial charge on any atom is 0.264 e. The first-order chi connectivity index (χ1) is 9.97. The highest BCUT2D eigenvalue weighted by Crippen LogP contribution is 2.35. The molecule has 0 amide bonds. The van der Waals surface area contributed by atoms with Crippen molar-refractivity contribution in [3.63, 3.8) is 0 Å². The zero-order valence-corrected chi connectivity index (χ0v) is 12.3. The Kier molecular flexibility index (Phi) is 2.24. The summed E-state index contributed by atoms with van der Waals surface area (Å²) in [5, 5.41) is 0. The minimum absolute atomic E-state index is 0.0200. The van der Waals surface area contributed by atoms with Crippen LogP contribution in [0.15, 0.2) is 42.5 Å². The van der Waals surface area contributed by atoms with E-state index in [0.29, 0.717) is 0 Å². The van der Waals surface area contributed by atoms with Crippen molar-refractivity contribution < 1.29 is 4.79 Å². The smallest absolute Gasteiger partial charge is 0.264 e. The summed E-state index contributed by atoms with van der Waals surface area (Å²) in [5.41, 5.74) is 4.74. The second-order valence-corrected chi connectivity index (χ2v) is 6.58. The third-order valence-corrected chi connectivity index (χ3v) is 4.12. The van der Waals surface area contributed by atoms with Crippen LogP contribution in [0.25, 0.3) is 22.4 Å². The van der Waals surface area contributed by atoms with Gasteiger partial charge in [-0.15, -0.1) is 0 Å². The molecule has 0 saturated carbocycles. The lowest BCUT2D eigenvalue weighted by atomic mass is 9.87. The van der Waals surface area contributed by atoms with Crippen molar-refractivity contribution in [2.24, 2.45) is 0 Å². The van der Waals surface area contributed by atoms with E-state index >= 15 is 0 Å². The van der Waals surface area contributed by atoms with Gasteiger partial charge in [-0.1, -0.05) is 45.0 Å². The Hall–Kier alpha value is -2.42.